The second kappa shape index (κ2) is 12.9. The molecule has 1 unspecified atom stereocenters. The van der Waals surface area contributed by atoms with Crippen molar-refractivity contribution in [1.82, 2.24) is 19.8 Å². The number of carbonyl (C=O) groups is 3. The minimum absolute atomic E-state index is 0.00780. The van der Waals surface area contributed by atoms with Gasteiger partial charge in [0.25, 0.3) is 11.8 Å². The number of nitrogens with zero attached hydrogens (tertiary/aromatic N) is 4. The molecule has 45 heavy (non-hydrogen) atoms. The molecule has 2 aromatic carbocycles. The van der Waals surface area contributed by atoms with Gasteiger partial charge < -0.3 is 14.5 Å². The van der Waals surface area contributed by atoms with Gasteiger partial charge in [-0.3, -0.25) is 9.59 Å². The summed E-state index contributed by atoms with van der Waals surface area (Å²) in [4.78, 5) is 51.5. The van der Waals surface area contributed by atoms with E-state index in [0.29, 0.717) is 17.7 Å². The predicted molar refractivity (Wildman–Crippen MR) is 150 cm³/mol. The van der Waals surface area contributed by atoms with E-state index in [1.807, 2.05) is 13.8 Å². The number of halogens is 6. The number of carbonyl (C=O) groups excluding carboxylic acids is 3. The summed E-state index contributed by atoms with van der Waals surface area (Å²) in [5, 5.41) is 0. The van der Waals surface area contributed by atoms with E-state index in [-0.39, 0.29) is 61.0 Å². The van der Waals surface area contributed by atoms with Gasteiger partial charge in [0.15, 0.2) is 5.82 Å². The molecule has 1 saturated heterocycles. The van der Waals surface area contributed by atoms with Crippen LogP contribution in [0.4, 0.5) is 26.3 Å². The fourth-order valence-electron chi connectivity index (χ4n) is 4.84. The Kier molecular flexibility index (Phi) is 9.54. The van der Waals surface area contributed by atoms with Gasteiger partial charge in [-0.1, -0.05) is 44.2 Å². The van der Waals surface area contributed by atoms with Crippen LogP contribution in [0, 0.1) is 12.8 Å². The number of piperazine rings is 1. The predicted octanol–water partition coefficient (Wildman–Crippen LogP) is 6.29. The van der Waals surface area contributed by atoms with Gasteiger partial charge in [-0.2, -0.15) is 26.3 Å². The Balaban J connectivity index is 1.64. The maximum atomic E-state index is 13.9. The van der Waals surface area contributed by atoms with E-state index in [1.165, 1.54) is 11.8 Å². The summed E-state index contributed by atoms with van der Waals surface area (Å²) in [7, 11) is 0. The van der Waals surface area contributed by atoms with Crippen molar-refractivity contribution in [3.63, 3.8) is 0 Å². The lowest BCUT2D eigenvalue weighted by molar-refractivity contribution is -0.143. The number of amides is 2. The number of aromatic nitrogens is 2. The average molecular weight is 637 g/mol. The lowest BCUT2D eigenvalue weighted by Gasteiger charge is -2.40. The summed E-state index contributed by atoms with van der Waals surface area (Å²) in [5.41, 5.74) is -3.56. The topological polar surface area (TPSA) is 92.7 Å². The summed E-state index contributed by atoms with van der Waals surface area (Å²) < 4.78 is 85.7. The van der Waals surface area contributed by atoms with E-state index in [4.69, 9.17) is 4.74 Å². The first-order valence-corrected chi connectivity index (χ1v) is 14.0. The molecule has 1 aliphatic rings. The molecule has 14 heteroatoms. The Morgan fingerprint density at radius 2 is 1.51 bits per heavy atom. The van der Waals surface area contributed by atoms with Crippen LogP contribution in [0.25, 0.3) is 11.4 Å². The van der Waals surface area contributed by atoms with Crippen molar-refractivity contribution in [3.05, 3.63) is 82.2 Å². The molecular formula is C31H30F6N4O4. The van der Waals surface area contributed by atoms with Gasteiger partial charge >= 0.3 is 18.3 Å². The van der Waals surface area contributed by atoms with Gasteiger partial charge in [0, 0.05) is 36.8 Å². The van der Waals surface area contributed by atoms with Crippen LogP contribution >= 0.6 is 0 Å². The number of ether oxygens (including phenoxy) is 1. The van der Waals surface area contributed by atoms with Crippen molar-refractivity contribution < 1.29 is 45.5 Å². The molecule has 0 saturated carbocycles. The molecule has 2 amide bonds. The van der Waals surface area contributed by atoms with Crippen LogP contribution in [0.5, 0.6) is 0 Å². The SMILES string of the molecule is Cc1nc(-c2ccccc2)nc(C(=O)N2CCN(C(=O)c3cc(C(F)(F)F)cc(C(F)(F)F)c3)C(C)C2)c1C(=O)OCC(C)C. The molecule has 1 aliphatic heterocycles. The van der Waals surface area contributed by atoms with Gasteiger partial charge in [-0.15, -0.1) is 0 Å². The van der Waals surface area contributed by atoms with E-state index in [9.17, 15) is 40.7 Å². The highest BCUT2D eigenvalue weighted by Crippen LogP contribution is 2.37. The highest BCUT2D eigenvalue weighted by molar-refractivity contribution is 6.05. The minimum Gasteiger partial charge on any atom is -0.462 e. The van der Waals surface area contributed by atoms with Gasteiger partial charge in [-0.05, 0) is 38.0 Å². The van der Waals surface area contributed by atoms with E-state index in [1.54, 1.807) is 37.3 Å². The standard InChI is InChI=1S/C31H30F6N4O4/c1-17(2)16-45-29(44)24-19(4)38-26(20-8-6-5-7-9-20)39-25(24)28(43)40-10-11-41(18(3)15-40)27(42)21-12-22(30(32,33)34)14-23(13-21)31(35,36)37/h5-9,12-14,17-18H,10-11,15-16H2,1-4H3. The van der Waals surface area contributed by atoms with Crippen LogP contribution in [0.3, 0.4) is 0 Å². The van der Waals surface area contributed by atoms with Crippen LogP contribution < -0.4 is 0 Å². The summed E-state index contributed by atoms with van der Waals surface area (Å²) in [6.45, 7) is 6.33. The van der Waals surface area contributed by atoms with E-state index < -0.39 is 52.9 Å². The summed E-state index contributed by atoms with van der Waals surface area (Å²) >= 11 is 0. The molecule has 8 nitrogen and oxygen atoms in total. The highest BCUT2D eigenvalue weighted by Gasteiger charge is 2.39. The quantitative estimate of drug-likeness (QED) is 0.233. The largest absolute Gasteiger partial charge is 0.462 e. The van der Waals surface area contributed by atoms with Gasteiger partial charge in [0.1, 0.15) is 11.3 Å². The van der Waals surface area contributed by atoms with Crippen LogP contribution in [0.2, 0.25) is 0 Å². The van der Waals surface area contributed by atoms with Crippen molar-refractivity contribution in [2.45, 2.75) is 46.1 Å². The van der Waals surface area contributed by atoms with Crippen molar-refractivity contribution in [3.8, 4) is 11.4 Å². The van der Waals surface area contributed by atoms with Crippen LogP contribution in [-0.4, -0.2) is 69.8 Å². The zero-order valence-corrected chi connectivity index (χ0v) is 24.8. The molecule has 240 valence electrons. The zero-order chi connectivity index (χ0) is 33.3. The van der Waals surface area contributed by atoms with Crippen LogP contribution in [0.15, 0.2) is 48.5 Å². The molecular weight excluding hydrogens is 606 g/mol. The van der Waals surface area contributed by atoms with Gasteiger partial charge in [0.2, 0.25) is 0 Å². The molecule has 0 bridgehead atoms. The number of aryl methyl sites for hydroxylation is 1. The number of hydrogen-bond acceptors (Lipinski definition) is 6. The molecule has 0 radical (unpaired) electrons. The first-order valence-electron chi connectivity index (χ1n) is 14.0. The molecule has 4 rings (SSSR count). The number of hydrogen-bond donors (Lipinski definition) is 0. The fraction of sp³-hybridized carbons (Fsp3) is 0.387. The van der Waals surface area contributed by atoms with Crippen molar-refractivity contribution >= 4 is 17.8 Å². The minimum atomic E-state index is -5.12. The third kappa shape index (κ3) is 7.60. The summed E-state index contributed by atoms with van der Waals surface area (Å²) in [6.07, 6.45) is -10.2. The summed E-state index contributed by atoms with van der Waals surface area (Å²) in [6, 6.07) is 8.64. The van der Waals surface area contributed by atoms with Crippen molar-refractivity contribution in [1.29, 1.82) is 0 Å². The molecule has 1 aromatic heterocycles. The number of rotatable bonds is 6. The monoisotopic (exact) mass is 636 g/mol. The maximum absolute atomic E-state index is 13.9. The molecule has 0 spiro atoms. The number of benzene rings is 2. The Morgan fingerprint density at radius 1 is 0.911 bits per heavy atom. The molecule has 0 aliphatic carbocycles. The molecule has 1 atom stereocenters. The Labute approximate surface area is 255 Å². The second-order valence-corrected chi connectivity index (χ2v) is 11.1. The number of alkyl halides is 6. The smallest absolute Gasteiger partial charge is 0.416 e. The maximum Gasteiger partial charge on any atom is 0.416 e. The lowest BCUT2D eigenvalue weighted by atomic mass is 10.0. The molecule has 3 aromatic rings. The normalized spacial score (nSPS) is 15.8. The third-order valence-corrected chi connectivity index (χ3v) is 7.09. The molecule has 1 fully saturated rings. The fourth-order valence-corrected chi connectivity index (χ4v) is 4.84. The highest BCUT2D eigenvalue weighted by atomic mass is 19.4. The van der Waals surface area contributed by atoms with E-state index >= 15 is 0 Å². The molecule has 0 N–H and O–H groups in total. The van der Waals surface area contributed by atoms with Gasteiger partial charge in [-0.25, -0.2) is 14.8 Å². The summed E-state index contributed by atoms with van der Waals surface area (Å²) in [5.74, 6) is -2.33. The number of esters is 1. The van der Waals surface area contributed by atoms with Crippen molar-refractivity contribution in [2.75, 3.05) is 26.2 Å². The molecule has 2 heterocycles. The third-order valence-electron chi connectivity index (χ3n) is 7.09. The van der Waals surface area contributed by atoms with Crippen LogP contribution in [-0.2, 0) is 17.1 Å². The Hall–Kier alpha value is -4.49. The second-order valence-electron chi connectivity index (χ2n) is 11.1. The average Bonchev–Trinajstić information content (AvgIpc) is 2.98. The first-order chi connectivity index (χ1) is 21.0. The Bertz CT molecular complexity index is 1560. The zero-order valence-electron chi connectivity index (χ0n) is 24.8. The lowest BCUT2D eigenvalue weighted by Crippen LogP contribution is -2.55. The van der Waals surface area contributed by atoms with Gasteiger partial charge in [0.05, 0.1) is 23.4 Å². The first kappa shape index (κ1) is 33.4. The Morgan fingerprint density at radius 3 is 2.04 bits per heavy atom. The van der Waals surface area contributed by atoms with Crippen molar-refractivity contribution in [2.24, 2.45) is 5.92 Å². The van der Waals surface area contributed by atoms with E-state index in [0.717, 1.165) is 4.90 Å². The van der Waals surface area contributed by atoms with Crippen LogP contribution in [0.1, 0.15) is 68.8 Å². The van der Waals surface area contributed by atoms with E-state index in [2.05, 4.69) is 9.97 Å².